The first kappa shape index (κ1) is 15.1. The van der Waals surface area contributed by atoms with Gasteiger partial charge in [-0.1, -0.05) is 36.4 Å². The third-order valence-electron chi connectivity index (χ3n) is 2.81. The van der Waals surface area contributed by atoms with Gasteiger partial charge in [-0.15, -0.1) is 0 Å². The quantitative estimate of drug-likeness (QED) is 0.734. The van der Waals surface area contributed by atoms with E-state index in [1.165, 1.54) is 0 Å². The van der Waals surface area contributed by atoms with Crippen LogP contribution in [0.1, 0.15) is 10.4 Å². The van der Waals surface area contributed by atoms with Gasteiger partial charge in [-0.25, -0.2) is 4.79 Å². The second-order valence-corrected chi connectivity index (χ2v) is 4.47. The van der Waals surface area contributed by atoms with Crippen LogP contribution in [0.5, 0.6) is 5.75 Å². The van der Waals surface area contributed by atoms with Crippen LogP contribution in [0.2, 0.25) is 0 Å². The zero-order chi connectivity index (χ0) is 14.9. The van der Waals surface area contributed by atoms with E-state index < -0.39 is 6.10 Å². The maximum atomic E-state index is 12.0. The fraction of sp³-hybridized carbons (Fsp3) is 0.235. The number of carbonyl (C=O) groups excluding carboxylic acids is 1. The molecule has 0 saturated heterocycles. The Hall–Kier alpha value is -2.33. The molecule has 0 radical (unpaired) electrons. The number of ether oxygens (including phenoxy) is 3. The molecule has 4 nitrogen and oxygen atoms in total. The molecule has 0 amide bonds. The number of rotatable bonds is 7. The fourth-order valence-corrected chi connectivity index (χ4v) is 1.80. The molecular weight excluding hydrogens is 268 g/mol. The second kappa shape index (κ2) is 8.07. The van der Waals surface area contributed by atoms with Gasteiger partial charge < -0.3 is 14.2 Å². The SMILES string of the molecule is COCC(COc1ccccc1)OC(=O)c1ccccc1. The van der Waals surface area contributed by atoms with Crippen LogP contribution in [0, 0.1) is 0 Å². The molecule has 4 heteroatoms. The van der Waals surface area contributed by atoms with Gasteiger partial charge in [-0.05, 0) is 24.3 Å². The average Bonchev–Trinajstić information content (AvgIpc) is 2.54. The molecular formula is C17H18O4. The van der Waals surface area contributed by atoms with E-state index in [2.05, 4.69) is 0 Å². The van der Waals surface area contributed by atoms with Crippen LogP contribution >= 0.6 is 0 Å². The van der Waals surface area contributed by atoms with Crippen LogP contribution in [0.25, 0.3) is 0 Å². The minimum atomic E-state index is -0.456. The molecule has 0 aromatic heterocycles. The van der Waals surface area contributed by atoms with E-state index in [1.54, 1.807) is 31.4 Å². The number of para-hydroxylation sites is 1. The van der Waals surface area contributed by atoms with Gasteiger partial charge in [0, 0.05) is 7.11 Å². The molecule has 0 aliphatic rings. The maximum Gasteiger partial charge on any atom is 0.338 e. The number of hydrogen-bond acceptors (Lipinski definition) is 4. The van der Waals surface area contributed by atoms with E-state index in [4.69, 9.17) is 14.2 Å². The highest BCUT2D eigenvalue weighted by Gasteiger charge is 2.16. The van der Waals surface area contributed by atoms with Crippen molar-refractivity contribution in [1.82, 2.24) is 0 Å². The summed E-state index contributed by atoms with van der Waals surface area (Å²) in [5.74, 6) is 0.351. The van der Waals surface area contributed by atoms with Crippen LogP contribution < -0.4 is 4.74 Å². The highest BCUT2D eigenvalue weighted by molar-refractivity contribution is 5.89. The highest BCUT2D eigenvalue weighted by atomic mass is 16.6. The summed E-state index contributed by atoms with van der Waals surface area (Å²) in [6, 6.07) is 18.2. The molecule has 1 unspecified atom stereocenters. The Bertz CT molecular complexity index is 539. The smallest absolute Gasteiger partial charge is 0.338 e. The van der Waals surface area contributed by atoms with Crippen LogP contribution in [0.3, 0.4) is 0 Å². The van der Waals surface area contributed by atoms with Gasteiger partial charge in [0.25, 0.3) is 0 Å². The zero-order valence-electron chi connectivity index (χ0n) is 11.9. The Morgan fingerprint density at radius 1 is 0.952 bits per heavy atom. The molecule has 21 heavy (non-hydrogen) atoms. The van der Waals surface area contributed by atoms with Gasteiger partial charge in [-0.2, -0.15) is 0 Å². The molecule has 0 saturated carbocycles. The summed E-state index contributed by atoms with van der Waals surface area (Å²) < 4.78 is 16.1. The zero-order valence-corrected chi connectivity index (χ0v) is 11.9. The molecule has 0 aliphatic carbocycles. The molecule has 2 rings (SSSR count). The number of hydrogen-bond donors (Lipinski definition) is 0. The summed E-state index contributed by atoms with van der Waals surface area (Å²) in [4.78, 5) is 12.0. The molecule has 110 valence electrons. The van der Waals surface area contributed by atoms with Crippen molar-refractivity contribution in [2.45, 2.75) is 6.10 Å². The molecule has 0 spiro atoms. The lowest BCUT2D eigenvalue weighted by atomic mass is 10.2. The first-order valence-electron chi connectivity index (χ1n) is 6.72. The maximum absolute atomic E-state index is 12.0. The number of benzene rings is 2. The van der Waals surface area contributed by atoms with Gasteiger partial charge >= 0.3 is 5.97 Å². The number of esters is 1. The fourth-order valence-electron chi connectivity index (χ4n) is 1.80. The summed E-state index contributed by atoms with van der Waals surface area (Å²) in [5, 5.41) is 0. The molecule has 0 heterocycles. The van der Waals surface area contributed by atoms with Crippen molar-refractivity contribution in [2.24, 2.45) is 0 Å². The van der Waals surface area contributed by atoms with Crippen LogP contribution in [0.4, 0.5) is 0 Å². The van der Waals surface area contributed by atoms with Crippen molar-refractivity contribution in [3.05, 3.63) is 66.2 Å². The Kier molecular flexibility index (Phi) is 5.79. The molecule has 0 aliphatic heterocycles. The van der Waals surface area contributed by atoms with Gasteiger partial charge in [-0.3, -0.25) is 0 Å². The topological polar surface area (TPSA) is 44.8 Å². The van der Waals surface area contributed by atoms with Crippen molar-refractivity contribution in [1.29, 1.82) is 0 Å². The van der Waals surface area contributed by atoms with E-state index in [9.17, 15) is 4.79 Å². The number of methoxy groups -OCH3 is 1. The summed E-state index contributed by atoms with van der Waals surface area (Å²) in [6.07, 6.45) is -0.456. The first-order chi connectivity index (χ1) is 10.3. The largest absolute Gasteiger partial charge is 0.490 e. The molecule has 1 atom stereocenters. The van der Waals surface area contributed by atoms with Gasteiger partial charge in [0.15, 0.2) is 6.10 Å². The average molecular weight is 286 g/mol. The van der Waals surface area contributed by atoms with Crippen LogP contribution in [0.15, 0.2) is 60.7 Å². The van der Waals surface area contributed by atoms with Crippen LogP contribution in [-0.2, 0) is 9.47 Å². The Morgan fingerprint density at radius 2 is 1.57 bits per heavy atom. The van der Waals surface area contributed by atoms with E-state index >= 15 is 0 Å². The van der Waals surface area contributed by atoms with Crippen molar-refractivity contribution in [3.8, 4) is 5.75 Å². The molecule has 0 bridgehead atoms. The minimum Gasteiger partial charge on any atom is -0.490 e. The Labute approximate surface area is 124 Å². The van der Waals surface area contributed by atoms with Gasteiger partial charge in [0.1, 0.15) is 12.4 Å². The Morgan fingerprint density at radius 3 is 2.19 bits per heavy atom. The minimum absolute atomic E-state index is 0.246. The predicted octanol–water partition coefficient (Wildman–Crippen LogP) is 2.94. The standard InChI is InChI=1S/C17H18O4/c1-19-12-16(13-20-15-10-6-3-7-11-15)21-17(18)14-8-4-2-5-9-14/h2-11,16H,12-13H2,1H3. The lowest BCUT2D eigenvalue weighted by molar-refractivity contribution is -0.00995. The molecule has 2 aromatic carbocycles. The van der Waals surface area contributed by atoms with Crippen molar-refractivity contribution < 1.29 is 19.0 Å². The first-order valence-corrected chi connectivity index (χ1v) is 6.72. The van der Waals surface area contributed by atoms with Crippen molar-refractivity contribution in [2.75, 3.05) is 20.3 Å². The third kappa shape index (κ3) is 4.93. The number of carbonyl (C=O) groups is 1. The van der Waals surface area contributed by atoms with Gasteiger partial charge in [0.2, 0.25) is 0 Å². The summed E-state index contributed by atoms with van der Waals surface area (Å²) in [7, 11) is 1.56. The lowest BCUT2D eigenvalue weighted by Crippen LogP contribution is -2.29. The predicted molar refractivity (Wildman–Crippen MR) is 79.5 cm³/mol. The monoisotopic (exact) mass is 286 g/mol. The van der Waals surface area contributed by atoms with E-state index in [0.29, 0.717) is 5.56 Å². The molecule has 0 fully saturated rings. The summed E-state index contributed by atoms with van der Waals surface area (Å²) in [6.45, 7) is 0.530. The normalized spacial score (nSPS) is 11.7. The van der Waals surface area contributed by atoms with E-state index in [-0.39, 0.29) is 19.2 Å². The highest BCUT2D eigenvalue weighted by Crippen LogP contribution is 2.10. The van der Waals surface area contributed by atoms with E-state index in [0.717, 1.165) is 5.75 Å². The van der Waals surface area contributed by atoms with Crippen molar-refractivity contribution >= 4 is 5.97 Å². The van der Waals surface area contributed by atoms with Crippen LogP contribution in [-0.4, -0.2) is 32.4 Å². The van der Waals surface area contributed by atoms with Crippen molar-refractivity contribution in [3.63, 3.8) is 0 Å². The lowest BCUT2D eigenvalue weighted by Gasteiger charge is -2.17. The second-order valence-electron chi connectivity index (χ2n) is 4.47. The third-order valence-corrected chi connectivity index (χ3v) is 2.81. The van der Waals surface area contributed by atoms with E-state index in [1.807, 2.05) is 36.4 Å². The van der Waals surface area contributed by atoms with Gasteiger partial charge in [0.05, 0.1) is 12.2 Å². The Balaban J connectivity index is 1.91. The molecule has 2 aromatic rings. The molecule has 0 N–H and O–H groups in total. The summed E-state index contributed by atoms with van der Waals surface area (Å²) in [5.41, 5.74) is 0.512. The summed E-state index contributed by atoms with van der Waals surface area (Å²) >= 11 is 0.